The van der Waals surface area contributed by atoms with E-state index in [1.807, 2.05) is 60.7 Å². The fourth-order valence-corrected chi connectivity index (χ4v) is 3.54. The van der Waals surface area contributed by atoms with E-state index in [2.05, 4.69) is 0 Å². The Hall–Kier alpha value is -4.06. The van der Waals surface area contributed by atoms with Gasteiger partial charge >= 0.3 is 11.9 Å². The van der Waals surface area contributed by atoms with E-state index in [9.17, 15) is 9.59 Å². The number of ether oxygens (including phenoxy) is 2. The zero-order valence-electron chi connectivity index (χ0n) is 15.9. The molecule has 0 aromatic heterocycles. The molecule has 2 N–H and O–H groups in total. The summed E-state index contributed by atoms with van der Waals surface area (Å²) in [4.78, 5) is 22.3. The molecule has 4 aromatic rings. The molecule has 6 nitrogen and oxygen atoms in total. The minimum absolute atomic E-state index is 0.382. The van der Waals surface area contributed by atoms with Crippen LogP contribution in [0.3, 0.4) is 0 Å². The minimum Gasteiger partial charge on any atom is -0.481 e. The molecule has 150 valence electrons. The first-order chi connectivity index (χ1) is 14.5. The number of hydrogen-bond acceptors (Lipinski definition) is 4. The van der Waals surface area contributed by atoms with E-state index in [1.165, 1.54) is 0 Å². The van der Waals surface area contributed by atoms with Crippen molar-refractivity contribution in [3.8, 4) is 22.6 Å². The number of benzene rings is 4. The van der Waals surface area contributed by atoms with Crippen molar-refractivity contribution in [2.24, 2.45) is 0 Å². The molecule has 0 aliphatic rings. The van der Waals surface area contributed by atoms with Crippen LogP contribution in [-0.4, -0.2) is 35.4 Å². The number of carboxylic acids is 2. The van der Waals surface area contributed by atoms with Gasteiger partial charge in [-0.05, 0) is 33.7 Å². The van der Waals surface area contributed by atoms with E-state index in [1.54, 1.807) is 12.1 Å². The monoisotopic (exact) mass is 402 g/mol. The van der Waals surface area contributed by atoms with E-state index in [4.69, 9.17) is 19.7 Å². The van der Waals surface area contributed by atoms with Crippen LogP contribution in [0.1, 0.15) is 0 Å². The summed E-state index contributed by atoms with van der Waals surface area (Å²) in [6, 6.07) is 22.5. The van der Waals surface area contributed by atoms with Crippen LogP contribution in [0.4, 0.5) is 0 Å². The molecule has 0 saturated carbocycles. The molecule has 0 bridgehead atoms. The molecule has 0 spiro atoms. The molecule has 30 heavy (non-hydrogen) atoms. The average molecular weight is 402 g/mol. The lowest BCUT2D eigenvalue weighted by Crippen LogP contribution is -2.11. The summed E-state index contributed by atoms with van der Waals surface area (Å²) in [6.45, 7) is -0.997. The number of aliphatic carboxylic acids is 2. The van der Waals surface area contributed by atoms with Crippen molar-refractivity contribution >= 4 is 33.5 Å². The van der Waals surface area contributed by atoms with Gasteiger partial charge in [-0.2, -0.15) is 0 Å². The third-order valence-corrected chi connectivity index (χ3v) is 4.73. The van der Waals surface area contributed by atoms with Crippen LogP contribution in [0.15, 0.2) is 72.8 Å². The third-order valence-electron chi connectivity index (χ3n) is 4.73. The standard InChI is InChI=1S/C24H18O6/c25-21(26)13-29-19-11-9-15-5-1-3-7-17(15)23(19)24-18-8-4-2-6-16(18)10-12-20(24)30-14-22(27)28/h1-12H,13-14H2,(H,25,26)(H,27,28). The van der Waals surface area contributed by atoms with Crippen LogP contribution in [-0.2, 0) is 9.59 Å². The van der Waals surface area contributed by atoms with Crippen molar-refractivity contribution in [1.82, 2.24) is 0 Å². The number of carbonyl (C=O) groups is 2. The fraction of sp³-hybridized carbons (Fsp3) is 0.0833. The summed E-state index contributed by atoms with van der Waals surface area (Å²) in [7, 11) is 0. The molecular formula is C24H18O6. The lowest BCUT2D eigenvalue weighted by atomic mass is 9.92. The Morgan fingerprint density at radius 2 is 1.00 bits per heavy atom. The SMILES string of the molecule is O=C(O)COc1ccc2ccccc2c1-c1c(OCC(=O)O)ccc2ccccc12. The van der Waals surface area contributed by atoms with E-state index >= 15 is 0 Å². The van der Waals surface area contributed by atoms with Crippen LogP contribution < -0.4 is 9.47 Å². The molecular weight excluding hydrogens is 384 g/mol. The zero-order valence-corrected chi connectivity index (χ0v) is 15.9. The van der Waals surface area contributed by atoms with Crippen LogP contribution in [0.25, 0.3) is 32.7 Å². The Kier molecular flexibility index (Phi) is 5.22. The van der Waals surface area contributed by atoms with Crippen molar-refractivity contribution in [1.29, 1.82) is 0 Å². The van der Waals surface area contributed by atoms with Gasteiger partial charge in [0.25, 0.3) is 0 Å². The molecule has 0 unspecified atom stereocenters. The zero-order chi connectivity index (χ0) is 21.1. The first kappa shape index (κ1) is 19.3. The van der Waals surface area contributed by atoms with E-state index in [0.717, 1.165) is 21.5 Å². The van der Waals surface area contributed by atoms with Crippen LogP contribution in [0.5, 0.6) is 11.5 Å². The predicted octanol–water partition coefficient (Wildman–Crippen LogP) is 4.59. The Balaban J connectivity index is 2.05. The quantitative estimate of drug-likeness (QED) is 0.470. The molecule has 4 rings (SSSR count). The highest BCUT2D eigenvalue weighted by Gasteiger charge is 2.20. The first-order valence-corrected chi connectivity index (χ1v) is 9.27. The minimum atomic E-state index is -1.09. The second-order valence-corrected chi connectivity index (χ2v) is 6.68. The van der Waals surface area contributed by atoms with Gasteiger partial charge in [-0.1, -0.05) is 60.7 Å². The lowest BCUT2D eigenvalue weighted by molar-refractivity contribution is -0.140. The lowest BCUT2D eigenvalue weighted by Gasteiger charge is -2.19. The van der Waals surface area contributed by atoms with Gasteiger partial charge in [-0.15, -0.1) is 0 Å². The molecule has 0 amide bonds. The smallest absolute Gasteiger partial charge is 0.341 e. The number of fused-ring (bicyclic) bond motifs is 2. The maximum absolute atomic E-state index is 11.1. The van der Waals surface area contributed by atoms with Gasteiger partial charge in [0.15, 0.2) is 13.2 Å². The van der Waals surface area contributed by atoms with Crippen molar-refractivity contribution in [2.75, 3.05) is 13.2 Å². The highest BCUT2D eigenvalue weighted by molar-refractivity contribution is 6.09. The molecule has 6 heteroatoms. The third kappa shape index (κ3) is 3.75. The largest absolute Gasteiger partial charge is 0.481 e. The van der Waals surface area contributed by atoms with Gasteiger partial charge in [-0.25, -0.2) is 9.59 Å². The maximum atomic E-state index is 11.1. The molecule has 0 aliphatic heterocycles. The summed E-state index contributed by atoms with van der Waals surface area (Å²) < 4.78 is 11.2. The molecule has 0 fully saturated rings. The molecule has 0 saturated heterocycles. The van der Waals surface area contributed by atoms with E-state index in [0.29, 0.717) is 22.6 Å². The van der Waals surface area contributed by atoms with E-state index < -0.39 is 25.2 Å². The molecule has 4 aromatic carbocycles. The molecule has 0 heterocycles. The van der Waals surface area contributed by atoms with Gasteiger partial charge < -0.3 is 19.7 Å². The van der Waals surface area contributed by atoms with Crippen molar-refractivity contribution in [2.45, 2.75) is 0 Å². The Morgan fingerprint density at radius 3 is 1.40 bits per heavy atom. The normalized spacial score (nSPS) is 10.8. The Bertz CT molecular complexity index is 1160. The van der Waals surface area contributed by atoms with Gasteiger partial charge in [0.2, 0.25) is 0 Å². The Labute approximate surface area is 171 Å². The second-order valence-electron chi connectivity index (χ2n) is 6.68. The number of carboxylic acid groups (broad SMARTS) is 2. The summed E-state index contributed by atoms with van der Waals surface area (Å²) in [5, 5.41) is 21.8. The topological polar surface area (TPSA) is 93.1 Å². The summed E-state index contributed by atoms with van der Waals surface area (Å²) in [5.41, 5.74) is 1.32. The molecule has 0 radical (unpaired) electrons. The van der Waals surface area contributed by atoms with Gasteiger partial charge in [0.05, 0.1) is 0 Å². The summed E-state index contributed by atoms with van der Waals surface area (Å²) in [5.74, 6) is -1.41. The maximum Gasteiger partial charge on any atom is 0.341 e. The first-order valence-electron chi connectivity index (χ1n) is 9.27. The summed E-state index contributed by atoms with van der Waals surface area (Å²) in [6.07, 6.45) is 0. The second kappa shape index (κ2) is 8.13. The predicted molar refractivity (Wildman–Crippen MR) is 113 cm³/mol. The fourth-order valence-electron chi connectivity index (χ4n) is 3.54. The van der Waals surface area contributed by atoms with Crippen molar-refractivity contribution < 1.29 is 29.3 Å². The van der Waals surface area contributed by atoms with E-state index in [-0.39, 0.29) is 0 Å². The highest BCUT2D eigenvalue weighted by Crippen LogP contribution is 2.45. The molecule has 0 aliphatic carbocycles. The van der Waals surface area contributed by atoms with Gasteiger partial charge in [0.1, 0.15) is 11.5 Å². The average Bonchev–Trinajstić information content (AvgIpc) is 2.75. The molecule has 0 atom stereocenters. The van der Waals surface area contributed by atoms with Crippen molar-refractivity contribution in [3.63, 3.8) is 0 Å². The van der Waals surface area contributed by atoms with Gasteiger partial charge in [-0.3, -0.25) is 0 Å². The van der Waals surface area contributed by atoms with Crippen LogP contribution >= 0.6 is 0 Å². The van der Waals surface area contributed by atoms with Gasteiger partial charge in [0, 0.05) is 11.1 Å². The van der Waals surface area contributed by atoms with Crippen LogP contribution in [0, 0.1) is 0 Å². The highest BCUT2D eigenvalue weighted by atomic mass is 16.5. The number of hydrogen-bond donors (Lipinski definition) is 2. The Morgan fingerprint density at radius 1 is 0.600 bits per heavy atom. The van der Waals surface area contributed by atoms with Crippen molar-refractivity contribution in [3.05, 3.63) is 72.8 Å². The number of rotatable bonds is 7. The summed E-state index contributed by atoms with van der Waals surface area (Å²) >= 11 is 0. The van der Waals surface area contributed by atoms with Crippen LogP contribution in [0.2, 0.25) is 0 Å².